The molecule has 0 saturated carbocycles. The molecular formula is C16H13Cl2NO3S. The first-order chi connectivity index (χ1) is 10.8. The van der Waals surface area contributed by atoms with Gasteiger partial charge in [0.2, 0.25) is 5.91 Å². The summed E-state index contributed by atoms with van der Waals surface area (Å²) in [6.07, 6.45) is 3.99. The van der Waals surface area contributed by atoms with Crippen LogP contribution in [0.2, 0.25) is 10.0 Å². The first-order valence-corrected chi connectivity index (χ1v) is 9.15. The SMILES string of the molecule is CS(=O)(=O)c1ccc(NC(=O)/C=C/c2cccc(Cl)c2Cl)cc1. The Kier molecular flexibility index (Phi) is 5.46. The zero-order chi connectivity index (χ0) is 17.0. The van der Waals surface area contributed by atoms with Gasteiger partial charge < -0.3 is 5.32 Å². The van der Waals surface area contributed by atoms with Crippen LogP contribution in [-0.4, -0.2) is 20.6 Å². The average molecular weight is 370 g/mol. The number of benzene rings is 2. The third-order valence-electron chi connectivity index (χ3n) is 2.95. The molecule has 1 amide bonds. The summed E-state index contributed by atoms with van der Waals surface area (Å²) < 4.78 is 22.7. The molecule has 0 saturated heterocycles. The van der Waals surface area contributed by atoms with Crippen molar-refractivity contribution in [1.82, 2.24) is 0 Å². The molecule has 0 aliphatic heterocycles. The van der Waals surface area contributed by atoms with Crippen LogP contribution in [0, 0.1) is 0 Å². The number of carbonyl (C=O) groups is 1. The molecule has 0 aliphatic carbocycles. The van der Waals surface area contributed by atoms with Gasteiger partial charge in [-0.25, -0.2) is 8.42 Å². The molecule has 0 unspecified atom stereocenters. The number of rotatable bonds is 4. The molecule has 0 radical (unpaired) electrons. The highest BCUT2D eigenvalue weighted by atomic mass is 35.5. The molecule has 0 bridgehead atoms. The van der Waals surface area contributed by atoms with Crippen molar-refractivity contribution >= 4 is 50.7 Å². The van der Waals surface area contributed by atoms with E-state index in [0.29, 0.717) is 21.3 Å². The number of anilines is 1. The first kappa shape index (κ1) is 17.5. The van der Waals surface area contributed by atoms with Crippen molar-refractivity contribution in [2.45, 2.75) is 4.90 Å². The number of hydrogen-bond donors (Lipinski definition) is 1. The highest BCUT2D eigenvalue weighted by Crippen LogP contribution is 2.26. The summed E-state index contributed by atoms with van der Waals surface area (Å²) in [5.74, 6) is -0.367. The quantitative estimate of drug-likeness (QED) is 0.826. The Bertz CT molecular complexity index is 859. The molecule has 0 heterocycles. The van der Waals surface area contributed by atoms with Crippen LogP contribution in [0.5, 0.6) is 0 Å². The summed E-state index contributed by atoms with van der Waals surface area (Å²) in [5, 5.41) is 3.41. The zero-order valence-corrected chi connectivity index (χ0v) is 14.4. The van der Waals surface area contributed by atoms with Crippen LogP contribution in [0.3, 0.4) is 0 Å². The average Bonchev–Trinajstić information content (AvgIpc) is 2.48. The molecule has 0 aromatic heterocycles. The normalized spacial score (nSPS) is 11.6. The maximum absolute atomic E-state index is 11.9. The number of hydrogen-bond acceptors (Lipinski definition) is 3. The zero-order valence-electron chi connectivity index (χ0n) is 12.1. The molecule has 0 aliphatic rings. The minimum atomic E-state index is -3.26. The predicted octanol–water partition coefficient (Wildman–Crippen LogP) is 4.05. The largest absolute Gasteiger partial charge is 0.323 e. The maximum atomic E-state index is 11.9. The van der Waals surface area contributed by atoms with Gasteiger partial charge in [0.1, 0.15) is 0 Å². The maximum Gasteiger partial charge on any atom is 0.248 e. The highest BCUT2D eigenvalue weighted by molar-refractivity contribution is 7.90. The molecule has 1 N–H and O–H groups in total. The number of carbonyl (C=O) groups excluding carboxylic acids is 1. The van der Waals surface area contributed by atoms with Crippen molar-refractivity contribution in [3.05, 3.63) is 64.1 Å². The fourth-order valence-corrected chi connectivity index (χ4v) is 2.79. The Morgan fingerprint density at radius 2 is 1.74 bits per heavy atom. The van der Waals surface area contributed by atoms with Crippen molar-refractivity contribution < 1.29 is 13.2 Å². The molecule has 0 fully saturated rings. The van der Waals surface area contributed by atoms with Crippen molar-refractivity contribution in [3.8, 4) is 0 Å². The van der Waals surface area contributed by atoms with Crippen molar-refractivity contribution in [2.75, 3.05) is 11.6 Å². The minimum Gasteiger partial charge on any atom is -0.323 e. The Morgan fingerprint density at radius 3 is 2.35 bits per heavy atom. The molecule has 2 aromatic rings. The Morgan fingerprint density at radius 1 is 1.09 bits per heavy atom. The van der Waals surface area contributed by atoms with E-state index in [1.807, 2.05) is 0 Å². The van der Waals surface area contributed by atoms with Gasteiger partial charge in [-0.15, -0.1) is 0 Å². The van der Waals surface area contributed by atoms with Gasteiger partial charge >= 0.3 is 0 Å². The Balaban J connectivity index is 2.08. The lowest BCUT2D eigenvalue weighted by Gasteiger charge is -2.04. The Labute approximate surface area is 144 Å². The second kappa shape index (κ2) is 7.17. The molecule has 23 heavy (non-hydrogen) atoms. The fourth-order valence-electron chi connectivity index (χ4n) is 1.78. The van der Waals surface area contributed by atoms with E-state index in [0.717, 1.165) is 6.26 Å². The van der Waals surface area contributed by atoms with E-state index in [-0.39, 0.29) is 10.8 Å². The summed E-state index contributed by atoms with van der Waals surface area (Å²) in [6.45, 7) is 0. The summed E-state index contributed by atoms with van der Waals surface area (Å²) in [7, 11) is -3.26. The van der Waals surface area contributed by atoms with Crippen LogP contribution in [0.1, 0.15) is 5.56 Å². The van der Waals surface area contributed by atoms with E-state index in [2.05, 4.69) is 5.32 Å². The van der Waals surface area contributed by atoms with E-state index in [9.17, 15) is 13.2 Å². The van der Waals surface area contributed by atoms with Crippen LogP contribution in [0.15, 0.2) is 53.4 Å². The topological polar surface area (TPSA) is 63.2 Å². The van der Waals surface area contributed by atoms with Gasteiger partial charge in [0, 0.05) is 18.0 Å². The Hall–Kier alpha value is -1.82. The van der Waals surface area contributed by atoms with Gasteiger partial charge in [-0.3, -0.25) is 4.79 Å². The number of sulfone groups is 1. The van der Waals surface area contributed by atoms with E-state index >= 15 is 0 Å². The van der Waals surface area contributed by atoms with Crippen LogP contribution < -0.4 is 5.32 Å². The molecule has 120 valence electrons. The summed E-state index contributed by atoms with van der Waals surface area (Å²) in [4.78, 5) is 12.1. The fraction of sp³-hybridized carbons (Fsp3) is 0.0625. The lowest BCUT2D eigenvalue weighted by atomic mass is 10.2. The van der Waals surface area contributed by atoms with Crippen LogP contribution in [0.25, 0.3) is 6.08 Å². The van der Waals surface area contributed by atoms with Gasteiger partial charge in [-0.1, -0.05) is 35.3 Å². The monoisotopic (exact) mass is 369 g/mol. The van der Waals surface area contributed by atoms with Gasteiger partial charge in [-0.2, -0.15) is 0 Å². The van der Waals surface area contributed by atoms with E-state index in [4.69, 9.17) is 23.2 Å². The second-order valence-electron chi connectivity index (χ2n) is 4.76. The molecule has 2 aromatic carbocycles. The summed E-state index contributed by atoms with van der Waals surface area (Å²) >= 11 is 11.9. The van der Waals surface area contributed by atoms with E-state index < -0.39 is 9.84 Å². The summed E-state index contributed by atoms with van der Waals surface area (Å²) in [6, 6.07) is 11.0. The van der Waals surface area contributed by atoms with E-state index in [1.165, 1.54) is 30.3 Å². The van der Waals surface area contributed by atoms with Crippen LogP contribution >= 0.6 is 23.2 Å². The van der Waals surface area contributed by atoms with Gasteiger partial charge in [-0.05, 0) is 42.0 Å². The molecule has 0 atom stereocenters. The molecule has 2 rings (SSSR count). The van der Waals surface area contributed by atoms with Crippen LogP contribution in [0.4, 0.5) is 5.69 Å². The number of nitrogens with one attached hydrogen (secondary N) is 1. The van der Waals surface area contributed by atoms with Gasteiger partial charge in [0.15, 0.2) is 9.84 Å². The van der Waals surface area contributed by atoms with E-state index in [1.54, 1.807) is 24.3 Å². The third-order valence-corrected chi connectivity index (χ3v) is 4.91. The molecular weight excluding hydrogens is 357 g/mol. The lowest BCUT2D eigenvalue weighted by Crippen LogP contribution is -2.08. The smallest absolute Gasteiger partial charge is 0.248 e. The van der Waals surface area contributed by atoms with Crippen LogP contribution in [-0.2, 0) is 14.6 Å². The summed E-state index contributed by atoms with van der Waals surface area (Å²) in [5.41, 5.74) is 1.12. The molecule has 4 nitrogen and oxygen atoms in total. The highest BCUT2D eigenvalue weighted by Gasteiger charge is 2.07. The van der Waals surface area contributed by atoms with Gasteiger partial charge in [0.05, 0.1) is 14.9 Å². The van der Waals surface area contributed by atoms with Crippen molar-refractivity contribution in [1.29, 1.82) is 0 Å². The number of amides is 1. The second-order valence-corrected chi connectivity index (χ2v) is 7.56. The third kappa shape index (κ3) is 4.82. The van der Waals surface area contributed by atoms with Crippen molar-refractivity contribution in [3.63, 3.8) is 0 Å². The standard InChI is InChI=1S/C16H13Cl2NO3S/c1-23(21,22)13-8-6-12(7-9-13)19-15(20)10-5-11-3-2-4-14(17)16(11)18/h2-10H,1H3,(H,19,20)/b10-5+. The predicted molar refractivity (Wildman–Crippen MR) is 93.7 cm³/mol. The lowest BCUT2D eigenvalue weighted by molar-refractivity contribution is -0.111. The van der Waals surface area contributed by atoms with Crippen molar-refractivity contribution in [2.24, 2.45) is 0 Å². The molecule has 0 spiro atoms. The number of halogens is 2. The minimum absolute atomic E-state index is 0.191. The van der Waals surface area contributed by atoms with Gasteiger partial charge in [0.25, 0.3) is 0 Å². The first-order valence-electron chi connectivity index (χ1n) is 6.50. The molecule has 7 heteroatoms.